The van der Waals surface area contributed by atoms with Crippen molar-refractivity contribution in [3.8, 4) is 11.5 Å². The third kappa shape index (κ3) is 10.4. The summed E-state index contributed by atoms with van der Waals surface area (Å²) in [5, 5.41) is 10.7. The van der Waals surface area contributed by atoms with E-state index in [2.05, 4.69) is 30.9 Å². The molecule has 1 heterocycles. The van der Waals surface area contributed by atoms with Crippen LogP contribution >= 0.6 is 24.8 Å². The normalized spacial score (nSPS) is 18.6. The molecule has 0 spiro atoms. The topological polar surface area (TPSA) is 86.4 Å². The van der Waals surface area contributed by atoms with Crippen LogP contribution in [0.15, 0.2) is 18.2 Å². The van der Waals surface area contributed by atoms with E-state index in [4.69, 9.17) is 24.7 Å². The molecule has 2 rings (SSSR count). The Bertz CT molecular complexity index is 668. The molecule has 7 nitrogen and oxygen atoms in total. The summed E-state index contributed by atoms with van der Waals surface area (Å²) in [5.41, 5.74) is 7.57. The van der Waals surface area contributed by atoms with Gasteiger partial charge in [-0.05, 0) is 55.2 Å². The number of aliphatic hydroxyl groups excluding tert-OH is 1. The van der Waals surface area contributed by atoms with Crippen LogP contribution in [0, 0.1) is 11.8 Å². The van der Waals surface area contributed by atoms with Crippen molar-refractivity contribution in [2.75, 3.05) is 47.6 Å². The third-order valence-corrected chi connectivity index (χ3v) is 6.58. The van der Waals surface area contributed by atoms with Gasteiger partial charge in [0.25, 0.3) is 0 Å². The average molecular weight is 526 g/mol. The summed E-state index contributed by atoms with van der Waals surface area (Å²) in [6.07, 6.45) is 3.68. The van der Waals surface area contributed by atoms with E-state index < -0.39 is 6.10 Å². The van der Waals surface area contributed by atoms with E-state index in [1.807, 2.05) is 6.07 Å². The molecular weight excluding hydrogens is 479 g/mol. The molecule has 9 heteroatoms. The summed E-state index contributed by atoms with van der Waals surface area (Å²) in [6, 6.07) is 6.16. The maximum absolute atomic E-state index is 10.7. The fourth-order valence-corrected chi connectivity index (χ4v) is 4.34. The first-order chi connectivity index (χ1) is 15.4. The molecule has 1 aromatic rings. The van der Waals surface area contributed by atoms with Gasteiger partial charge in [0.1, 0.15) is 0 Å². The number of nitrogens with two attached hydrogens (primary N) is 1. The zero-order chi connectivity index (χ0) is 23.5. The van der Waals surface area contributed by atoms with Crippen molar-refractivity contribution in [3.05, 3.63) is 23.8 Å². The van der Waals surface area contributed by atoms with E-state index in [9.17, 15) is 5.11 Å². The van der Waals surface area contributed by atoms with Gasteiger partial charge in [-0.15, -0.1) is 24.8 Å². The number of methoxy groups -OCH3 is 3. The van der Waals surface area contributed by atoms with Gasteiger partial charge >= 0.3 is 0 Å². The number of hydrogen-bond donors (Lipinski definition) is 2. The van der Waals surface area contributed by atoms with E-state index in [1.54, 1.807) is 21.3 Å². The maximum atomic E-state index is 10.7. The van der Waals surface area contributed by atoms with Crippen LogP contribution in [-0.4, -0.2) is 76.0 Å². The van der Waals surface area contributed by atoms with Gasteiger partial charge in [-0.25, -0.2) is 0 Å². The number of halogens is 2. The quantitative estimate of drug-likeness (QED) is 0.336. The van der Waals surface area contributed by atoms with Crippen LogP contribution in [0.2, 0.25) is 0 Å². The van der Waals surface area contributed by atoms with Gasteiger partial charge in [0, 0.05) is 40.3 Å². The van der Waals surface area contributed by atoms with Crippen LogP contribution in [-0.2, 0) is 15.9 Å². The number of benzene rings is 1. The number of aliphatic hydroxyl groups is 1. The second-order valence-corrected chi connectivity index (χ2v) is 9.16. The largest absolute Gasteiger partial charge is 0.493 e. The van der Waals surface area contributed by atoms with Crippen LogP contribution < -0.4 is 15.2 Å². The lowest BCUT2D eigenvalue weighted by Gasteiger charge is -2.30. The average Bonchev–Trinajstić information content (AvgIpc) is 3.28. The van der Waals surface area contributed by atoms with Crippen molar-refractivity contribution < 1.29 is 24.1 Å². The number of ether oxygens (including phenoxy) is 4. The summed E-state index contributed by atoms with van der Waals surface area (Å²) in [5.74, 6) is 2.45. The molecule has 0 bridgehead atoms. The van der Waals surface area contributed by atoms with Crippen molar-refractivity contribution in [1.29, 1.82) is 0 Å². The molecule has 0 aromatic heterocycles. The molecule has 1 fully saturated rings. The Morgan fingerprint density at radius 1 is 1.09 bits per heavy atom. The van der Waals surface area contributed by atoms with Gasteiger partial charge in [-0.1, -0.05) is 19.9 Å². The van der Waals surface area contributed by atoms with Gasteiger partial charge in [0.05, 0.1) is 32.1 Å². The smallest absolute Gasteiger partial charge is 0.161 e. The molecule has 200 valence electrons. The molecule has 1 aliphatic rings. The van der Waals surface area contributed by atoms with Crippen molar-refractivity contribution in [3.63, 3.8) is 0 Å². The molecule has 1 aromatic carbocycles. The SMILES string of the molecule is COCCCOc1cc(C[C@H](CC[C@H](O)[C@@H](N)N2CC[C@H](OC)C2)C(C)C)ccc1OC.Cl.Cl. The summed E-state index contributed by atoms with van der Waals surface area (Å²) >= 11 is 0. The number of hydrogen-bond acceptors (Lipinski definition) is 7. The lowest BCUT2D eigenvalue weighted by molar-refractivity contribution is 0.0397. The third-order valence-electron chi connectivity index (χ3n) is 6.58. The number of rotatable bonds is 15. The number of nitrogens with zero attached hydrogens (tertiary/aromatic N) is 1. The van der Waals surface area contributed by atoms with Crippen LogP contribution in [0.25, 0.3) is 0 Å². The molecule has 3 N–H and O–H groups in total. The minimum Gasteiger partial charge on any atom is -0.493 e. The van der Waals surface area contributed by atoms with E-state index >= 15 is 0 Å². The summed E-state index contributed by atoms with van der Waals surface area (Å²) in [7, 11) is 5.09. The van der Waals surface area contributed by atoms with E-state index in [0.717, 1.165) is 50.3 Å². The molecule has 0 unspecified atom stereocenters. The van der Waals surface area contributed by atoms with Gasteiger partial charge in [-0.2, -0.15) is 0 Å². The summed E-state index contributed by atoms with van der Waals surface area (Å²) in [4.78, 5) is 2.14. The van der Waals surface area contributed by atoms with E-state index in [1.165, 1.54) is 5.56 Å². The zero-order valence-corrected chi connectivity index (χ0v) is 23.0. The Labute approximate surface area is 218 Å². The van der Waals surface area contributed by atoms with Gasteiger partial charge < -0.3 is 29.8 Å². The van der Waals surface area contributed by atoms with Crippen molar-refractivity contribution in [1.82, 2.24) is 4.90 Å². The van der Waals surface area contributed by atoms with Crippen LogP contribution in [0.4, 0.5) is 0 Å². The number of likely N-dealkylation sites (tertiary alicyclic amines) is 1. The van der Waals surface area contributed by atoms with Gasteiger partial charge in [0.2, 0.25) is 0 Å². The molecule has 1 aliphatic heterocycles. The lowest BCUT2D eigenvalue weighted by Crippen LogP contribution is -2.49. The highest BCUT2D eigenvalue weighted by Gasteiger charge is 2.30. The van der Waals surface area contributed by atoms with E-state index in [-0.39, 0.29) is 37.1 Å². The van der Waals surface area contributed by atoms with Gasteiger partial charge in [0.15, 0.2) is 11.5 Å². The summed E-state index contributed by atoms with van der Waals surface area (Å²) in [6.45, 7) is 7.42. The fourth-order valence-electron chi connectivity index (χ4n) is 4.34. The fraction of sp³-hybridized carbons (Fsp3) is 0.760. The molecule has 0 amide bonds. The van der Waals surface area contributed by atoms with Gasteiger partial charge in [-0.3, -0.25) is 4.90 Å². The minimum atomic E-state index is -0.539. The van der Waals surface area contributed by atoms with Crippen molar-refractivity contribution >= 4 is 24.8 Å². The Hall–Kier alpha value is -0.800. The Kier molecular flexibility index (Phi) is 17.2. The van der Waals surface area contributed by atoms with Crippen LogP contribution in [0.1, 0.15) is 45.1 Å². The predicted molar refractivity (Wildman–Crippen MR) is 142 cm³/mol. The highest BCUT2D eigenvalue weighted by molar-refractivity contribution is 5.85. The molecule has 0 saturated carbocycles. The molecule has 4 atom stereocenters. The molecular formula is C25H46Cl2N2O5. The van der Waals surface area contributed by atoms with Crippen LogP contribution in [0.3, 0.4) is 0 Å². The first-order valence-corrected chi connectivity index (χ1v) is 11.9. The molecule has 0 aliphatic carbocycles. The van der Waals surface area contributed by atoms with Crippen molar-refractivity contribution in [2.45, 2.75) is 64.3 Å². The molecule has 34 heavy (non-hydrogen) atoms. The first kappa shape index (κ1) is 33.2. The highest BCUT2D eigenvalue weighted by atomic mass is 35.5. The first-order valence-electron chi connectivity index (χ1n) is 11.9. The Morgan fingerprint density at radius 3 is 2.41 bits per heavy atom. The predicted octanol–water partition coefficient (Wildman–Crippen LogP) is 3.92. The zero-order valence-electron chi connectivity index (χ0n) is 21.4. The standard InChI is InChI=1S/C25H44N2O5.2ClH/c1-18(2)20(8-9-22(28)25(26)27-12-11-21(17-27)30-4)15-19-7-10-23(31-5)24(16-19)32-14-6-13-29-3;;/h7,10,16,18,20-22,25,28H,6,8-9,11-15,17,26H2,1-5H3;2*1H/t20-,21-,22-,25-;;/m0../s1. The highest BCUT2D eigenvalue weighted by Crippen LogP contribution is 2.31. The van der Waals surface area contributed by atoms with E-state index in [0.29, 0.717) is 31.5 Å². The maximum Gasteiger partial charge on any atom is 0.161 e. The lowest BCUT2D eigenvalue weighted by atomic mass is 9.84. The second-order valence-electron chi connectivity index (χ2n) is 9.16. The Balaban J connectivity index is 0.00000544. The van der Waals surface area contributed by atoms with Crippen molar-refractivity contribution in [2.24, 2.45) is 17.6 Å². The summed E-state index contributed by atoms with van der Waals surface area (Å²) < 4.78 is 21.9. The van der Waals surface area contributed by atoms with Crippen LogP contribution in [0.5, 0.6) is 11.5 Å². The minimum absolute atomic E-state index is 0. The molecule has 0 radical (unpaired) electrons. The Morgan fingerprint density at radius 2 is 1.82 bits per heavy atom. The second kappa shape index (κ2) is 17.6. The molecule has 1 saturated heterocycles. The monoisotopic (exact) mass is 524 g/mol.